The lowest BCUT2D eigenvalue weighted by Crippen LogP contribution is -2.53. The van der Waals surface area contributed by atoms with Crippen LogP contribution in [-0.2, 0) is 11.8 Å². The van der Waals surface area contributed by atoms with Crippen molar-refractivity contribution in [3.8, 4) is 0 Å². The van der Waals surface area contributed by atoms with Crippen molar-refractivity contribution < 1.29 is 4.79 Å². The van der Waals surface area contributed by atoms with Crippen molar-refractivity contribution >= 4 is 5.91 Å². The molecule has 0 bridgehead atoms. The molecule has 1 unspecified atom stereocenters. The first-order valence-electron chi connectivity index (χ1n) is 8.32. The van der Waals surface area contributed by atoms with Gasteiger partial charge in [0.25, 0.3) is 0 Å². The van der Waals surface area contributed by atoms with Gasteiger partial charge in [0, 0.05) is 39.1 Å². The van der Waals surface area contributed by atoms with E-state index in [4.69, 9.17) is 0 Å². The zero-order valence-corrected chi connectivity index (χ0v) is 14.3. The van der Waals surface area contributed by atoms with E-state index in [-0.39, 0.29) is 11.9 Å². The number of hydrogen-bond acceptors (Lipinski definition) is 4. The molecular weight excluding hydrogens is 278 g/mol. The molecule has 1 aliphatic heterocycles. The molecule has 1 aromatic rings. The predicted molar refractivity (Wildman–Crippen MR) is 87.6 cm³/mol. The van der Waals surface area contributed by atoms with Crippen molar-refractivity contribution in [3.63, 3.8) is 0 Å². The Kier molecular flexibility index (Phi) is 5.97. The van der Waals surface area contributed by atoms with Crippen LogP contribution in [0.3, 0.4) is 0 Å². The van der Waals surface area contributed by atoms with Gasteiger partial charge >= 0.3 is 0 Å². The summed E-state index contributed by atoms with van der Waals surface area (Å²) < 4.78 is 2.06. The number of rotatable bonds is 6. The fourth-order valence-electron chi connectivity index (χ4n) is 3.11. The maximum atomic E-state index is 12.6. The summed E-state index contributed by atoms with van der Waals surface area (Å²) in [7, 11) is 2.02. The second-order valence-corrected chi connectivity index (χ2v) is 5.84. The largest absolute Gasteiger partial charge is 0.338 e. The van der Waals surface area contributed by atoms with Crippen LogP contribution < -0.4 is 0 Å². The van der Waals surface area contributed by atoms with Gasteiger partial charge in [0.15, 0.2) is 0 Å². The minimum absolute atomic E-state index is 0.194. The molecule has 0 radical (unpaired) electrons. The van der Waals surface area contributed by atoms with Gasteiger partial charge in [-0.2, -0.15) is 0 Å². The lowest BCUT2D eigenvalue weighted by Gasteiger charge is -2.41. The number of amides is 1. The van der Waals surface area contributed by atoms with Gasteiger partial charge in [-0.15, -0.1) is 0 Å². The molecule has 2 rings (SSSR count). The number of aryl methyl sites for hydroxylation is 1. The average Bonchev–Trinajstić information content (AvgIpc) is 2.97. The van der Waals surface area contributed by atoms with Crippen LogP contribution in [0, 0.1) is 0 Å². The van der Waals surface area contributed by atoms with Gasteiger partial charge in [-0.05, 0) is 19.6 Å². The van der Waals surface area contributed by atoms with E-state index in [1.807, 2.05) is 24.3 Å². The van der Waals surface area contributed by atoms with Crippen molar-refractivity contribution in [3.05, 3.63) is 18.2 Å². The Morgan fingerprint density at radius 1 is 1.32 bits per heavy atom. The minimum atomic E-state index is 0.194. The van der Waals surface area contributed by atoms with E-state index in [2.05, 4.69) is 40.1 Å². The molecule has 0 N–H and O–H groups in total. The van der Waals surface area contributed by atoms with Crippen molar-refractivity contribution in [2.75, 3.05) is 45.8 Å². The fourth-order valence-corrected chi connectivity index (χ4v) is 3.11. The lowest BCUT2D eigenvalue weighted by molar-refractivity contribution is -0.135. The third kappa shape index (κ3) is 3.67. The molecule has 22 heavy (non-hydrogen) atoms. The first-order valence-corrected chi connectivity index (χ1v) is 8.32. The number of carbonyl (C=O) groups excluding carboxylic acids is 1. The van der Waals surface area contributed by atoms with Crippen LogP contribution in [0.15, 0.2) is 12.4 Å². The van der Waals surface area contributed by atoms with Gasteiger partial charge in [0.2, 0.25) is 5.91 Å². The first-order chi connectivity index (χ1) is 10.6. The Morgan fingerprint density at radius 3 is 2.59 bits per heavy atom. The molecule has 0 saturated carbocycles. The molecule has 0 spiro atoms. The number of aromatic nitrogens is 2. The Bertz CT molecular complexity index is 483. The van der Waals surface area contributed by atoms with Gasteiger partial charge in [0.1, 0.15) is 5.82 Å². The molecule has 1 aliphatic rings. The van der Waals surface area contributed by atoms with Crippen LogP contribution in [0.2, 0.25) is 0 Å². The zero-order chi connectivity index (χ0) is 16.1. The SMILES string of the molecule is CCN(CC)CC(=O)N1CCN(CC)C(c2nccn2C)C1. The summed E-state index contributed by atoms with van der Waals surface area (Å²) in [4.78, 5) is 23.6. The van der Waals surface area contributed by atoms with Crippen LogP contribution >= 0.6 is 0 Å². The molecule has 2 heterocycles. The van der Waals surface area contributed by atoms with Crippen LogP contribution in [0.1, 0.15) is 32.6 Å². The maximum Gasteiger partial charge on any atom is 0.236 e. The van der Waals surface area contributed by atoms with Gasteiger partial charge in [-0.3, -0.25) is 14.6 Å². The second-order valence-electron chi connectivity index (χ2n) is 5.84. The van der Waals surface area contributed by atoms with Crippen molar-refractivity contribution in [1.29, 1.82) is 0 Å². The summed E-state index contributed by atoms with van der Waals surface area (Å²) in [5.41, 5.74) is 0. The van der Waals surface area contributed by atoms with E-state index >= 15 is 0 Å². The fraction of sp³-hybridized carbons (Fsp3) is 0.750. The molecule has 0 aromatic carbocycles. The highest BCUT2D eigenvalue weighted by Gasteiger charge is 2.32. The number of carbonyl (C=O) groups is 1. The summed E-state index contributed by atoms with van der Waals surface area (Å²) >= 11 is 0. The molecule has 1 fully saturated rings. The number of imidazole rings is 1. The molecule has 1 atom stereocenters. The monoisotopic (exact) mass is 307 g/mol. The van der Waals surface area contributed by atoms with Crippen molar-refractivity contribution in [2.24, 2.45) is 7.05 Å². The predicted octanol–water partition coefficient (Wildman–Crippen LogP) is 0.967. The Morgan fingerprint density at radius 2 is 2.05 bits per heavy atom. The molecule has 6 nitrogen and oxygen atoms in total. The summed E-state index contributed by atoms with van der Waals surface area (Å²) in [6.07, 6.45) is 3.81. The molecular formula is C16H29N5O. The van der Waals surface area contributed by atoms with E-state index < -0.39 is 0 Å². The van der Waals surface area contributed by atoms with Crippen molar-refractivity contribution in [1.82, 2.24) is 24.3 Å². The topological polar surface area (TPSA) is 44.6 Å². The Hall–Kier alpha value is -1.40. The highest BCUT2D eigenvalue weighted by atomic mass is 16.2. The van der Waals surface area contributed by atoms with Gasteiger partial charge in [0.05, 0.1) is 12.6 Å². The summed E-state index contributed by atoms with van der Waals surface area (Å²) in [5.74, 6) is 1.28. The standard InChI is InChI=1S/C16H29N5O/c1-5-19(6-2)13-15(22)21-11-10-20(7-3)14(12-21)16-17-8-9-18(16)4/h8-9,14H,5-7,10-13H2,1-4H3. The van der Waals surface area contributed by atoms with E-state index in [9.17, 15) is 4.79 Å². The smallest absolute Gasteiger partial charge is 0.236 e. The molecule has 124 valence electrons. The summed E-state index contributed by atoms with van der Waals surface area (Å²) in [6.45, 7) is 12.2. The second kappa shape index (κ2) is 7.74. The zero-order valence-electron chi connectivity index (χ0n) is 14.3. The molecule has 1 saturated heterocycles. The first kappa shape index (κ1) is 17.0. The Balaban J connectivity index is 2.07. The normalized spacial score (nSPS) is 19.9. The quantitative estimate of drug-likeness (QED) is 0.785. The van der Waals surface area contributed by atoms with Gasteiger partial charge in [-0.25, -0.2) is 4.98 Å². The van der Waals surface area contributed by atoms with E-state index in [1.165, 1.54) is 0 Å². The number of hydrogen-bond donors (Lipinski definition) is 0. The third-order valence-electron chi connectivity index (χ3n) is 4.66. The van der Waals surface area contributed by atoms with Gasteiger partial charge in [-0.1, -0.05) is 20.8 Å². The highest BCUT2D eigenvalue weighted by Crippen LogP contribution is 2.23. The van der Waals surface area contributed by atoms with Crippen molar-refractivity contribution in [2.45, 2.75) is 26.8 Å². The average molecular weight is 307 g/mol. The molecule has 6 heteroatoms. The number of nitrogens with zero attached hydrogens (tertiary/aromatic N) is 5. The summed E-state index contributed by atoms with van der Waals surface area (Å²) in [5, 5.41) is 0. The maximum absolute atomic E-state index is 12.6. The van der Waals surface area contributed by atoms with E-state index in [0.717, 1.165) is 45.1 Å². The number of likely N-dealkylation sites (N-methyl/N-ethyl adjacent to an activating group) is 2. The van der Waals surface area contributed by atoms with E-state index in [1.54, 1.807) is 0 Å². The van der Waals surface area contributed by atoms with Gasteiger partial charge < -0.3 is 9.47 Å². The molecule has 0 aliphatic carbocycles. The Labute approximate surface area is 133 Å². The highest BCUT2D eigenvalue weighted by molar-refractivity contribution is 5.78. The molecule has 1 aromatic heterocycles. The van der Waals surface area contributed by atoms with Crippen LogP contribution in [-0.4, -0.2) is 76.0 Å². The minimum Gasteiger partial charge on any atom is -0.338 e. The summed E-state index contributed by atoms with van der Waals surface area (Å²) in [6, 6.07) is 0.194. The van der Waals surface area contributed by atoms with Crippen LogP contribution in [0.4, 0.5) is 0 Å². The third-order valence-corrected chi connectivity index (χ3v) is 4.66. The van der Waals surface area contributed by atoms with Crippen LogP contribution in [0.5, 0.6) is 0 Å². The van der Waals surface area contributed by atoms with Crippen LogP contribution in [0.25, 0.3) is 0 Å². The lowest BCUT2D eigenvalue weighted by atomic mass is 10.1. The number of piperazine rings is 1. The van der Waals surface area contributed by atoms with E-state index in [0.29, 0.717) is 6.54 Å². The molecule has 1 amide bonds.